The first kappa shape index (κ1) is 12.2. The smallest absolute Gasteiger partial charge is 0.161 e. The lowest BCUT2D eigenvalue weighted by Crippen LogP contribution is -2.18. The third-order valence-electron chi connectivity index (χ3n) is 3.76. The summed E-state index contributed by atoms with van der Waals surface area (Å²) in [6.45, 7) is 1.41. The van der Waals surface area contributed by atoms with Crippen LogP contribution in [0, 0.1) is 0 Å². The van der Waals surface area contributed by atoms with Crippen LogP contribution in [-0.4, -0.2) is 18.2 Å². The second-order valence-corrected chi connectivity index (χ2v) is 6.26. The van der Waals surface area contributed by atoms with Crippen LogP contribution in [0.4, 0.5) is 0 Å². The first-order valence-electron chi connectivity index (χ1n) is 6.90. The largest absolute Gasteiger partial charge is 0.490 e. The van der Waals surface area contributed by atoms with E-state index in [0.717, 1.165) is 47.0 Å². The molecule has 0 saturated heterocycles. The van der Waals surface area contributed by atoms with Gasteiger partial charge in [-0.15, -0.1) is 11.3 Å². The van der Waals surface area contributed by atoms with Crippen molar-refractivity contribution in [3.05, 3.63) is 28.6 Å². The zero-order valence-corrected chi connectivity index (χ0v) is 11.9. The summed E-state index contributed by atoms with van der Waals surface area (Å²) in [6.07, 6.45) is 3.00. The highest BCUT2D eigenvalue weighted by Gasteiger charge is 2.42. The Morgan fingerprint density at radius 2 is 1.95 bits per heavy atom. The molecule has 1 fully saturated rings. The third-order valence-corrected chi connectivity index (χ3v) is 4.82. The van der Waals surface area contributed by atoms with Crippen LogP contribution in [-0.2, 0) is 5.54 Å². The van der Waals surface area contributed by atoms with Crippen LogP contribution < -0.4 is 15.2 Å². The summed E-state index contributed by atoms with van der Waals surface area (Å²) >= 11 is 1.65. The Balaban J connectivity index is 1.68. The fourth-order valence-electron chi connectivity index (χ4n) is 2.31. The quantitative estimate of drug-likeness (QED) is 0.923. The van der Waals surface area contributed by atoms with Gasteiger partial charge in [0.05, 0.1) is 24.4 Å². The molecule has 2 aliphatic rings. The summed E-state index contributed by atoms with van der Waals surface area (Å²) in [7, 11) is 0. The number of rotatable bonds is 2. The van der Waals surface area contributed by atoms with Crippen LogP contribution in [0.25, 0.3) is 11.3 Å². The molecular weight excluding hydrogens is 272 g/mol. The fourth-order valence-corrected chi connectivity index (χ4v) is 3.31. The van der Waals surface area contributed by atoms with Crippen molar-refractivity contribution in [1.29, 1.82) is 0 Å². The number of hydrogen-bond acceptors (Lipinski definition) is 5. The minimum atomic E-state index is -0.159. The van der Waals surface area contributed by atoms with Crippen LogP contribution in [0.15, 0.2) is 23.6 Å². The van der Waals surface area contributed by atoms with Crippen LogP contribution in [0.5, 0.6) is 11.5 Å². The molecule has 4 nitrogen and oxygen atoms in total. The Kier molecular flexibility index (Phi) is 2.72. The zero-order valence-electron chi connectivity index (χ0n) is 11.1. The SMILES string of the molecule is NC1(c2nc(-c3ccc4c(c3)OCCCO4)cs2)CC1. The van der Waals surface area contributed by atoms with E-state index in [4.69, 9.17) is 15.2 Å². The van der Waals surface area contributed by atoms with Crippen molar-refractivity contribution in [3.8, 4) is 22.8 Å². The third kappa shape index (κ3) is 2.07. The predicted octanol–water partition coefficient (Wildman–Crippen LogP) is 2.92. The number of ether oxygens (including phenoxy) is 2. The van der Waals surface area contributed by atoms with E-state index in [1.165, 1.54) is 0 Å². The average Bonchev–Trinajstić information content (AvgIpc) is 3.08. The summed E-state index contributed by atoms with van der Waals surface area (Å²) in [6, 6.07) is 6.00. The molecule has 2 aromatic rings. The molecule has 2 heterocycles. The van der Waals surface area contributed by atoms with Crippen molar-refractivity contribution in [2.45, 2.75) is 24.8 Å². The summed E-state index contributed by atoms with van der Waals surface area (Å²) < 4.78 is 11.4. The normalized spacial score (nSPS) is 19.4. The van der Waals surface area contributed by atoms with E-state index in [9.17, 15) is 0 Å². The van der Waals surface area contributed by atoms with E-state index >= 15 is 0 Å². The van der Waals surface area contributed by atoms with Gasteiger partial charge in [0.1, 0.15) is 5.01 Å². The van der Waals surface area contributed by atoms with Gasteiger partial charge < -0.3 is 15.2 Å². The van der Waals surface area contributed by atoms with Gasteiger partial charge in [-0.3, -0.25) is 0 Å². The Morgan fingerprint density at radius 1 is 1.15 bits per heavy atom. The van der Waals surface area contributed by atoms with E-state index < -0.39 is 0 Å². The minimum Gasteiger partial charge on any atom is -0.490 e. The highest BCUT2D eigenvalue weighted by atomic mass is 32.1. The topological polar surface area (TPSA) is 57.4 Å². The van der Waals surface area contributed by atoms with Crippen LogP contribution >= 0.6 is 11.3 Å². The molecule has 0 spiro atoms. The lowest BCUT2D eigenvalue weighted by molar-refractivity contribution is 0.297. The highest BCUT2D eigenvalue weighted by molar-refractivity contribution is 7.10. The molecule has 20 heavy (non-hydrogen) atoms. The molecule has 1 aliphatic heterocycles. The van der Waals surface area contributed by atoms with Crippen molar-refractivity contribution < 1.29 is 9.47 Å². The Morgan fingerprint density at radius 3 is 2.75 bits per heavy atom. The molecular formula is C15H16N2O2S. The second kappa shape index (κ2) is 4.46. The monoisotopic (exact) mass is 288 g/mol. The molecule has 1 aromatic heterocycles. The molecule has 1 aliphatic carbocycles. The number of nitrogens with two attached hydrogens (primary N) is 1. The molecule has 104 valence electrons. The molecule has 1 aromatic carbocycles. The van der Waals surface area contributed by atoms with Gasteiger partial charge in [-0.1, -0.05) is 0 Å². The molecule has 0 bridgehead atoms. The van der Waals surface area contributed by atoms with E-state index in [2.05, 4.69) is 10.4 Å². The molecule has 0 atom stereocenters. The number of fused-ring (bicyclic) bond motifs is 1. The van der Waals surface area contributed by atoms with Gasteiger partial charge >= 0.3 is 0 Å². The molecule has 4 rings (SSSR count). The van der Waals surface area contributed by atoms with Crippen LogP contribution in [0.1, 0.15) is 24.3 Å². The van der Waals surface area contributed by atoms with Crippen LogP contribution in [0.3, 0.4) is 0 Å². The van der Waals surface area contributed by atoms with E-state index in [-0.39, 0.29) is 5.54 Å². The lowest BCUT2D eigenvalue weighted by Gasteiger charge is -2.08. The van der Waals surface area contributed by atoms with Gasteiger partial charge in [-0.2, -0.15) is 0 Å². The Bertz CT molecular complexity index is 649. The maximum absolute atomic E-state index is 6.19. The highest BCUT2D eigenvalue weighted by Crippen LogP contribution is 2.45. The zero-order chi connectivity index (χ0) is 13.6. The number of thiazole rings is 1. The average molecular weight is 288 g/mol. The van der Waals surface area contributed by atoms with Gasteiger partial charge in [0.2, 0.25) is 0 Å². The Hall–Kier alpha value is -1.59. The van der Waals surface area contributed by atoms with Crippen molar-refractivity contribution in [2.24, 2.45) is 5.73 Å². The molecule has 0 unspecified atom stereocenters. The number of benzene rings is 1. The van der Waals surface area contributed by atoms with E-state index in [1.807, 2.05) is 18.2 Å². The molecule has 2 N–H and O–H groups in total. The van der Waals surface area contributed by atoms with Crippen molar-refractivity contribution >= 4 is 11.3 Å². The first-order chi connectivity index (χ1) is 9.74. The summed E-state index contributed by atoms with van der Waals surface area (Å²) in [4.78, 5) is 4.68. The lowest BCUT2D eigenvalue weighted by atomic mass is 10.1. The molecule has 5 heteroatoms. The standard InChI is InChI=1S/C15H16N2O2S/c16-15(4-5-15)14-17-11(9-20-14)10-2-3-12-13(8-10)19-7-1-6-18-12/h2-3,8-9H,1,4-7,16H2. The fraction of sp³-hybridized carbons (Fsp3) is 0.400. The summed E-state index contributed by atoms with van der Waals surface area (Å²) in [5.74, 6) is 1.63. The van der Waals surface area contributed by atoms with Crippen molar-refractivity contribution in [3.63, 3.8) is 0 Å². The van der Waals surface area contributed by atoms with E-state index in [1.54, 1.807) is 11.3 Å². The molecule has 0 amide bonds. The van der Waals surface area contributed by atoms with Crippen molar-refractivity contribution in [1.82, 2.24) is 4.98 Å². The van der Waals surface area contributed by atoms with Gasteiger partial charge in [-0.25, -0.2) is 4.98 Å². The first-order valence-corrected chi connectivity index (χ1v) is 7.77. The maximum atomic E-state index is 6.19. The number of nitrogens with zero attached hydrogens (tertiary/aromatic N) is 1. The summed E-state index contributed by atoms with van der Waals surface area (Å²) in [5, 5.41) is 3.11. The minimum absolute atomic E-state index is 0.159. The van der Waals surface area contributed by atoms with Gasteiger partial charge in [-0.05, 0) is 31.0 Å². The van der Waals surface area contributed by atoms with Crippen molar-refractivity contribution in [2.75, 3.05) is 13.2 Å². The summed E-state index contributed by atoms with van der Waals surface area (Å²) in [5.41, 5.74) is 8.06. The molecule has 0 radical (unpaired) electrons. The van der Waals surface area contributed by atoms with Gasteiger partial charge in [0.25, 0.3) is 0 Å². The van der Waals surface area contributed by atoms with E-state index in [0.29, 0.717) is 13.2 Å². The number of aromatic nitrogens is 1. The van der Waals surface area contributed by atoms with Gasteiger partial charge in [0.15, 0.2) is 11.5 Å². The van der Waals surface area contributed by atoms with Crippen LogP contribution in [0.2, 0.25) is 0 Å². The molecule has 1 saturated carbocycles. The number of hydrogen-bond donors (Lipinski definition) is 1. The Labute approximate surface area is 121 Å². The predicted molar refractivity (Wildman–Crippen MR) is 78.3 cm³/mol. The van der Waals surface area contributed by atoms with Gasteiger partial charge in [0, 0.05) is 17.4 Å². The maximum Gasteiger partial charge on any atom is 0.161 e. The second-order valence-electron chi connectivity index (χ2n) is 5.41.